The van der Waals surface area contributed by atoms with E-state index >= 15 is 0 Å². The Labute approximate surface area is 150 Å². The second-order valence-electron chi connectivity index (χ2n) is 5.48. The van der Waals surface area contributed by atoms with Crippen LogP contribution in [0.25, 0.3) is 0 Å². The fourth-order valence-electron chi connectivity index (χ4n) is 2.51. The van der Waals surface area contributed by atoms with E-state index < -0.39 is 0 Å². The minimum absolute atomic E-state index is 0.0462. The predicted molar refractivity (Wildman–Crippen MR) is 96.1 cm³/mol. The van der Waals surface area contributed by atoms with Crippen LogP contribution in [0.4, 0.5) is 0 Å². The smallest absolute Gasteiger partial charge is 0.258 e. The standard InChI is InChI=1S/C17H16Cl2N4O/c18-13-6-12(7-14(19)8-13)15-9-16(22-21-15)17(24)23-20-10-11-4-2-1-3-5-11/h1-8,10,15-16,21-22H,9H2,(H,23,24)/b20-10+. The van der Waals surface area contributed by atoms with E-state index in [1.807, 2.05) is 42.5 Å². The van der Waals surface area contributed by atoms with Crippen LogP contribution in [0.15, 0.2) is 53.6 Å². The average Bonchev–Trinajstić information content (AvgIpc) is 3.05. The van der Waals surface area contributed by atoms with Gasteiger partial charge in [-0.2, -0.15) is 5.10 Å². The number of hydrazone groups is 1. The maximum Gasteiger partial charge on any atom is 0.258 e. The number of hydrogen-bond acceptors (Lipinski definition) is 4. The first-order valence-electron chi connectivity index (χ1n) is 7.47. The zero-order valence-electron chi connectivity index (χ0n) is 12.7. The first-order valence-corrected chi connectivity index (χ1v) is 8.22. The third-order valence-corrected chi connectivity index (χ3v) is 4.13. The van der Waals surface area contributed by atoms with Crippen molar-refractivity contribution in [1.29, 1.82) is 0 Å². The molecule has 5 nitrogen and oxygen atoms in total. The summed E-state index contributed by atoms with van der Waals surface area (Å²) >= 11 is 12.0. The van der Waals surface area contributed by atoms with E-state index in [0.717, 1.165) is 11.1 Å². The van der Waals surface area contributed by atoms with Crippen molar-refractivity contribution < 1.29 is 4.79 Å². The Balaban J connectivity index is 1.57. The summed E-state index contributed by atoms with van der Waals surface area (Å²) in [6.07, 6.45) is 2.18. The van der Waals surface area contributed by atoms with E-state index in [4.69, 9.17) is 23.2 Å². The molecular weight excluding hydrogens is 347 g/mol. The highest BCUT2D eigenvalue weighted by atomic mass is 35.5. The molecule has 1 aliphatic rings. The number of carbonyl (C=O) groups excluding carboxylic acids is 1. The van der Waals surface area contributed by atoms with Gasteiger partial charge in [0.25, 0.3) is 5.91 Å². The van der Waals surface area contributed by atoms with E-state index in [0.29, 0.717) is 16.5 Å². The highest BCUT2D eigenvalue weighted by molar-refractivity contribution is 6.34. The molecule has 3 N–H and O–H groups in total. The second-order valence-corrected chi connectivity index (χ2v) is 6.35. The number of hydrazine groups is 1. The van der Waals surface area contributed by atoms with E-state index in [1.165, 1.54) is 0 Å². The molecule has 2 atom stereocenters. The van der Waals surface area contributed by atoms with Crippen molar-refractivity contribution in [2.45, 2.75) is 18.5 Å². The van der Waals surface area contributed by atoms with Crippen LogP contribution in [0, 0.1) is 0 Å². The summed E-state index contributed by atoms with van der Waals surface area (Å²) in [4.78, 5) is 12.2. The molecule has 124 valence electrons. The van der Waals surface area contributed by atoms with Crippen molar-refractivity contribution >= 4 is 35.3 Å². The lowest BCUT2D eigenvalue weighted by molar-refractivity contribution is -0.122. The van der Waals surface area contributed by atoms with Crippen LogP contribution in [0.1, 0.15) is 23.6 Å². The Morgan fingerprint density at radius 2 is 1.83 bits per heavy atom. The summed E-state index contributed by atoms with van der Waals surface area (Å²) in [5.41, 5.74) is 10.5. The SMILES string of the molecule is O=C(N/N=C/c1ccccc1)C1CC(c2cc(Cl)cc(Cl)c2)NN1. The maximum absolute atomic E-state index is 12.2. The molecule has 3 rings (SSSR count). The predicted octanol–water partition coefficient (Wildman–Crippen LogP) is 3.05. The molecule has 7 heteroatoms. The van der Waals surface area contributed by atoms with Gasteiger partial charge in [0.2, 0.25) is 0 Å². The second kappa shape index (κ2) is 7.77. The van der Waals surface area contributed by atoms with Crippen molar-refractivity contribution in [1.82, 2.24) is 16.3 Å². The summed E-state index contributed by atoms with van der Waals surface area (Å²) in [5.74, 6) is -0.203. The van der Waals surface area contributed by atoms with Gasteiger partial charge in [-0.05, 0) is 35.7 Å². The molecule has 1 saturated heterocycles. The molecule has 2 aromatic carbocycles. The lowest BCUT2D eigenvalue weighted by Gasteiger charge is -2.10. The number of nitrogens with zero attached hydrogens (tertiary/aromatic N) is 1. The molecule has 0 bridgehead atoms. The van der Waals surface area contributed by atoms with Gasteiger partial charge in [0.15, 0.2) is 0 Å². The molecule has 0 radical (unpaired) electrons. The third kappa shape index (κ3) is 4.33. The normalized spacial score (nSPS) is 20.4. The molecule has 2 unspecified atom stereocenters. The van der Waals surface area contributed by atoms with Crippen molar-refractivity contribution in [3.05, 3.63) is 69.7 Å². The largest absolute Gasteiger partial charge is 0.271 e. The monoisotopic (exact) mass is 362 g/mol. The van der Waals surface area contributed by atoms with E-state index in [-0.39, 0.29) is 18.0 Å². The van der Waals surface area contributed by atoms with Crippen LogP contribution >= 0.6 is 23.2 Å². The van der Waals surface area contributed by atoms with Gasteiger partial charge in [-0.1, -0.05) is 53.5 Å². The van der Waals surface area contributed by atoms with E-state index in [9.17, 15) is 4.79 Å². The number of halogens is 2. The van der Waals surface area contributed by atoms with E-state index in [1.54, 1.807) is 12.3 Å². The Bertz CT molecular complexity index is 731. The lowest BCUT2D eigenvalue weighted by Crippen LogP contribution is -2.41. The van der Waals surface area contributed by atoms with Crippen LogP contribution in [-0.2, 0) is 4.79 Å². The van der Waals surface area contributed by atoms with Crippen LogP contribution in [-0.4, -0.2) is 18.2 Å². The number of carbonyl (C=O) groups is 1. The number of nitrogens with one attached hydrogen (secondary N) is 3. The summed E-state index contributed by atoms with van der Waals surface area (Å²) in [7, 11) is 0. The Morgan fingerprint density at radius 3 is 2.54 bits per heavy atom. The van der Waals surface area contributed by atoms with Gasteiger partial charge in [0.1, 0.15) is 6.04 Å². The molecule has 24 heavy (non-hydrogen) atoms. The molecule has 1 amide bonds. The van der Waals surface area contributed by atoms with Gasteiger partial charge < -0.3 is 0 Å². The minimum Gasteiger partial charge on any atom is -0.271 e. The molecule has 0 saturated carbocycles. The molecule has 0 aromatic heterocycles. The molecule has 0 aliphatic carbocycles. The van der Waals surface area contributed by atoms with Crippen LogP contribution < -0.4 is 16.3 Å². The van der Waals surface area contributed by atoms with Gasteiger partial charge in [-0.3, -0.25) is 4.79 Å². The summed E-state index contributed by atoms with van der Waals surface area (Å²) in [5, 5.41) is 5.12. The number of rotatable bonds is 4. The third-order valence-electron chi connectivity index (χ3n) is 3.69. The topological polar surface area (TPSA) is 65.5 Å². The van der Waals surface area contributed by atoms with Gasteiger partial charge in [0.05, 0.1) is 6.21 Å². The first kappa shape index (κ1) is 16.9. The molecule has 0 spiro atoms. The molecule has 1 aliphatic heterocycles. The summed E-state index contributed by atoms with van der Waals surface area (Å²) in [6.45, 7) is 0. The number of hydrogen-bond donors (Lipinski definition) is 3. The fraction of sp³-hybridized carbons (Fsp3) is 0.176. The molecule has 1 fully saturated rings. The average molecular weight is 363 g/mol. The quantitative estimate of drug-likeness (QED) is 0.578. The van der Waals surface area contributed by atoms with Crippen molar-refractivity contribution in [3.63, 3.8) is 0 Å². The zero-order valence-corrected chi connectivity index (χ0v) is 14.2. The van der Waals surface area contributed by atoms with Crippen molar-refractivity contribution in [2.24, 2.45) is 5.10 Å². The van der Waals surface area contributed by atoms with Crippen LogP contribution in [0.3, 0.4) is 0 Å². The Hall–Kier alpha value is -1.92. The van der Waals surface area contributed by atoms with Gasteiger partial charge in [-0.25, -0.2) is 16.3 Å². The summed E-state index contributed by atoms with van der Waals surface area (Å²) < 4.78 is 0. The van der Waals surface area contributed by atoms with Crippen molar-refractivity contribution in [3.8, 4) is 0 Å². The number of amides is 1. The van der Waals surface area contributed by atoms with Gasteiger partial charge >= 0.3 is 0 Å². The lowest BCUT2D eigenvalue weighted by atomic mass is 10.0. The highest BCUT2D eigenvalue weighted by Crippen LogP contribution is 2.27. The van der Waals surface area contributed by atoms with E-state index in [2.05, 4.69) is 21.4 Å². The van der Waals surface area contributed by atoms with Crippen LogP contribution in [0.5, 0.6) is 0 Å². The molecular formula is C17H16Cl2N4O. The highest BCUT2D eigenvalue weighted by Gasteiger charge is 2.30. The summed E-state index contributed by atoms with van der Waals surface area (Å²) in [6, 6.07) is 14.5. The maximum atomic E-state index is 12.2. The Morgan fingerprint density at radius 1 is 1.12 bits per heavy atom. The number of benzene rings is 2. The minimum atomic E-state index is -0.388. The van der Waals surface area contributed by atoms with Gasteiger partial charge in [-0.15, -0.1) is 0 Å². The Kier molecular flexibility index (Phi) is 5.48. The molecule has 1 heterocycles. The zero-order chi connectivity index (χ0) is 16.9. The fourth-order valence-corrected chi connectivity index (χ4v) is 3.05. The molecule has 2 aromatic rings. The van der Waals surface area contributed by atoms with Crippen LogP contribution in [0.2, 0.25) is 10.0 Å². The van der Waals surface area contributed by atoms with Gasteiger partial charge in [0, 0.05) is 16.1 Å². The van der Waals surface area contributed by atoms with Crippen molar-refractivity contribution in [2.75, 3.05) is 0 Å². The first-order chi connectivity index (χ1) is 11.6.